The van der Waals surface area contributed by atoms with Crippen LogP contribution in [0, 0.1) is 11.6 Å². The molecule has 4 heteroatoms. The van der Waals surface area contributed by atoms with Crippen molar-refractivity contribution in [2.45, 2.75) is 19.0 Å². The fourth-order valence-corrected chi connectivity index (χ4v) is 2.03. The summed E-state index contributed by atoms with van der Waals surface area (Å²) < 4.78 is 26.5. The van der Waals surface area contributed by atoms with Crippen molar-refractivity contribution in [2.75, 3.05) is 6.61 Å². The first kappa shape index (κ1) is 14.6. The van der Waals surface area contributed by atoms with Gasteiger partial charge in [0.1, 0.15) is 11.6 Å². The molecule has 0 heterocycles. The highest BCUT2D eigenvalue weighted by molar-refractivity contribution is 5.19. The van der Waals surface area contributed by atoms with Gasteiger partial charge in [-0.2, -0.15) is 0 Å². The maximum Gasteiger partial charge on any atom is 0.127 e. The molecule has 2 aromatic rings. The van der Waals surface area contributed by atoms with Crippen LogP contribution in [0.15, 0.2) is 48.5 Å². The fourth-order valence-electron chi connectivity index (χ4n) is 2.03. The van der Waals surface area contributed by atoms with Gasteiger partial charge < -0.3 is 10.4 Å². The minimum Gasteiger partial charge on any atom is -0.395 e. The lowest BCUT2D eigenvalue weighted by Gasteiger charge is -2.16. The molecule has 2 N–H and O–H groups in total. The van der Waals surface area contributed by atoms with E-state index in [1.165, 1.54) is 6.07 Å². The number of hydrogen-bond donors (Lipinski definition) is 2. The average molecular weight is 277 g/mol. The number of hydrogen-bond acceptors (Lipinski definition) is 2. The van der Waals surface area contributed by atoms with Crippen molar-refractivity contribution in [1.29, 1.82) is 0 Å². The first-order chi connectivity index (χ1) is 9.69. The van der Waals surface area contributed by atoms with Crippen molar-refractivity contribution in [1.82, 2.24) is 5.32 Å². The molecule has 1 atom stereocenters. The number of aliphatic hydroxyl groups excluding tert-OH is 1. The Bertz CT molecular complexity index is 545. The molecule has 0 aliphatic carbocycles. The van der Waals surface area contributed by atoms with Crippen molar-refractivity contribution in [3.05, 3.63) is 71.3 Å². The lowest BCUT2D eigenvalue weighted by Crippen LogP contribution is -2.34. The summed E-state index contributed by atoms with van der Waals surface area (Å²) in [5, 5.41) is 12.4. The second-order valence-corrected chi connectivity index (χ2v) is 4.69. The Hall–Kier alpha value is -1.78. The predicted octanol–water partition coefficient (Wildman–Crippen LogP) is 2.66. The number of halogens is 2. The van der Waals surface area contributed by atoms with E-state index in [9.17, 15) is 13.9 Å². The molecule has 0 saturated heterocycles. The largest absolute Gasteiger partial charge is 0.395 e. The van der Waals surface area contributed by atoms with Crippen LogP contribution in [0.25, 0.3) is 0 Å². The third kappa shape index (κ3) is 4.11. The third-order valence-electron chi connectivity index (χ3n) is 3.13. The molecular weight excluding hydrogens is 260 g/mol. The summed E-state index contributed by atoms with van der Waals surface area (Å²) in [7, 11) is 0. The van der Waals surface area contributed by atoms with Gasteiger partial charge in [-0.1, -0.05) is 30.3 Å². The van der Waals surface area contributed by atoms with E-state index in [0.717, 1.165) is 17.7 Å². The van der Waals surface area contributed by atoms with Crippen LogP contribution in [0.5, 0.6) is 0 Å². The number of rotatable bonds is 6. The summed E-state index contributed by atoms with van der Waals surface area (Å²) >= 11 is 0. The van der Waals surface area contributed by atoms with Crippen LogP contribution in [0.2, 0.25) is 0 Å². The lowest BCUT2D eigenvalue weighted by atomic mass is 10.1. The van der Waals surface area contributed by atoms with Crippen molar-refractivity contribution >= 4 is 0 Å². The van der Waals surface area contributed by atoms with Crippen LogP contribution < -0.4 is 5.32 Å². The van der Waals surface area contributed by atoms with Gasteiger partial charge in [0.15, 0.2) is 0 Å². The maximum atomic E-state index is 13.5. The van der Waals surface area contributed by atoms with Crippen molar-refractivity contribution in [3.8, 4) is 0 Å². The maximum absolute atomic E-state index is 13.5. The SMILES string of the molecule is OCC(Cc1ccccc1)NCc1cc(F)ccc1F. The minimum atomic E-state index is -0.466. The lowest BCUT2D eigenvalue weighted by molar-refractivity contribution is 0.240. The summed E-state index contributed by atoms with van der Waals surface area (Å²) in [6.07, 6.45) is 0.633. The molecule has 0 amide bonds. The fraction of sp³-hybridized carbons (Fsp3) is 0.250. The Labute approximate surface area is 117 Å². The highest BCUT2D eigenvalue weighted by Crippen LogP contribution is 2.10. The third-order valence-corrected chi connectivity index (χ3v) is 3.13. The van der Waals surface area contributed by atoms with E-state index >= 15 is 0 Å². The standard InChI is InChI=1S/C16H17F2NO/c17-14-6-7-16(18)13(9-14)10-19-15(11-20)8-12-4-2-1-3-5-12/h1-7,9,15,19-20H,8,10-11H2. The molecular formula is C16H17F2NO. The topological polar surface area (TPSA) is 32.3 Å². The predicted molar refractivity (Wildman–Crippen MR) is 74.2 cm³/mol. The summed E-state index contributed by atoms with van der Waals surface area (Å²) in [4.78, 5) is 0. The van der Waals surface area contributed by atoms with Crippen LogP contribution in [-0.4, -0.2) is 17.8 Å². The molecule has 2 rings (SSSR count). The van der Waals surface area contributed by atoms with Crippen LogP contribution in [0.1, 0.15) is 11.1 Å². The van der Waals surface area contributed by atoms with Gasteiger partial charge in [0.05, 0.1) is 6.61 Å². The zero-order valence-electron chi connectivity index (χ0n) is 11.0. The van der Waals surface area contributed by atoms with E-state index < -0.39 is 11.6 Å². The molecule has 2 aromatic carbocycles. The van der Waals surface area contributed by atoms with Gasteiger partial charge in [0, 0.05) is 18.2 Å². The van der Waals surface area contributed by atoms with E-state index in [1.807, 2.05) is 30.3 Å². The Morgan fingerprint density at radius 1 is 1.05 bits per heavy atom. The first-order valence-electron chi connectivity index (χ1n) is 6.51. The highest BCUT2D eigenvalue weighted by atomic mass is 19.1. The number of benzene rings is 2. The normalized spacial score (nSPS) is 12.3. The molecule has 0 aliphatic heterocycles. The van der Waals surface area contributed by atoms with Gasteiger partial charge in [-0.3, -0.25) is 0 Å². The van der Waals surface area contributed by atoms with Gasteiger partial charge in [0.25, 0.3) is 0 Å². The number of aliphatic hydroxyl groups is 1. The molecule has 0 spiro atoms. The molecule has 20 heavy (non-hydrogen) atoms. The molecule has 2 nitrogen and oxygen atoms in total. The van der Waals surface area contributed by atoms with Crippen LogP contribution >= 0.6 is 0 Å². The Balaban J connectivity index is 1.95. The monoisotopic (exact) mass is 277 g/mol. The summed E-state index contributed by atoms with van der Waals surface area (Å²) in [6, 6.07) is 12.9. The molecule has 0 aliphatic rings. The smallest absolute Gasteiger partial charge is 0.127 e. The van der Waals surface area contributed by atoms with Crippen molar-refractivity contribution < 1.29 is 13.9 Å². The minimum absolute atomic E-state index is 0.0637. The van der Waals surface area contributed by atoms with Gasteiger partial charge in [0.2, 0.25) is 0 Å². The Kier molecular flexibility index (Phi) is 5.21. The molecule has 0 bridgehead atoms. The zero-order chi connectivity index (χ0) is 14.4. The van der Waals surface area contributed by atoms with Crippen molar-refractivity contribution in [2.24, 2.45) is 0 Å². The molecule has 0 radical (unpaired) electrons. The summed E-state index contributed by atoms with van der Waals surface area (Å²) in [5.74, 6) is -0.915. The van der Waals surface area contributed by atoms with Crippen LogP contribution in [0.4, 0.5) is 8.78 Å². The van der Waals surface area contributed by atoms with E-state index in [4.69, 9.17) is 0 Å². The Morgan fingerprint density at radius 3 is 2.50 bits per heavy atom. The van der Waals surface area contributed by atoms with Gasteiger partial charge in [-0.05, 0) is 30.2 Å². The molecule has 0 fully saturated rings. The molecule has 0 saturated carbocycles. The van der Waals surface area contributed by atoms with E-state index in [-0.39, 0.29) is 24.8 Å². The highest BCUT2D eigenvalue weighted by Gasteiger charge is 2.10. The summed E-state index contributed by atoms with van der Waals surface area (Å²) in [6.45, 7) is 0.119. The van der Waals surface area contributed by atoms with Gasteiger partial charge in [-0.25, -0.2) is 8.78 Å². The quantitative estimate of drug-likeness (QED) is 0.851. The molecule has 106 valence electrons. The van der Waals surface area contributed by atoms with Gasteiger partial charge in [-0.15, -0.1) is 0 Å². The molecule has 1 unspecified atom stereocenters. The Morgan fingerprint density at radius 2 is 1.80 bits per heavy atom. The van der Waals surface area contributed by atoms with Gasteiger partial charge >= 0.3 is 0 Å². The second kappa shape index (κ2) is 7.12. The first-order valence-corrected chi connectivity index (χ1v) is 6.51. The van der Waals surface area contributed by atoms with E-state index in [2.05, 4.69) is 5.32 Å². The zero-order valence-corrected chi connectivity index (χ0v) is 11.0. The summed E-state index contributed by atoms with van der Waals surface area (Å²) in [5.41, 5.74) is 1.34. The van der Waals surface area contributed by atoms with E-state index in [1.54, 1.807) is 0 Å². The second-order valence-electron chi connectivity index (χ2n) is 4.69. The number of nitrogens with one attached hydrogen (secondary N) is 1. The average Bonchev–Trinajstić information content (AvgIpc) is 2.47. The van der Waals surface area contributed by atoms with Crippen LogP contribution in [-0.2, 0) is 13.0 Å². The van der Waals surface area contributed by atoms with Crippen LogP contribution in [0.3, 0.4) is 0 Å². The molecule has 0 aromatic heterocycles. The van der Waals surface area contributed by atoms with Crippen molar-refractivity contribution in [3.63, 3.8) is 0 Å². The van der Waals surface area contributed by atoms with E-state index in [0.29, 0.717) is 6.42 Å².